The smallest absolute Gasteiger partial charge is 0.231 e. The van der Waals surface area contributed by atoms with Gasteiger partial charge >= 0.3 is 0 Å². The highest BCUT2D eigenvalue weighted by Gasteiger charge is 2.23. The van der Waals surface area contributed by atoms with Crippen LogP contribution >= 0.6 is 0 Å². The molecule has 0 amide bonds. The number of aryl methyl sites for hydroxylation is 2. The van der Waals surface area contributed by atoms with E-state index in [1.165, 1.54) is 0 Å². The Morgan fingerprint density at radius 2 is 1.66 bits per heavy atom. The van der Waals surface area contributed by atoms with Crippen molar-refractivity contribution < 1.29 is 14.6 Å². The molecule has 4 rings (SSSR count). The maximum atomic E-state index is 10.3. The van der Waals surface area contributed by atoms with E-state index in [-0.39, 0.29) is 12.5 Å². The van der Waals surface area contributed by atoms with Crippen LogP contribution in [0.5, 0.6) is 17.2 Å². The van der Waals surface area contributed by atoms with Gasteiger partial charge in [0.15, 0.2) is 17.3 Å². The number of benzene rings is 2. The SMILES string of the molecule is CCCN(CCC)c1c(C)nc(-c2c(C)ccc(O)c2C)nc1-c1ccc2c(c1)OCO2. The van der Waals surface area contributed by atoms with Gasteiger partial charge in [0.1, 0.15) is 5.75 Å². The molecule has 0 spiro atoms. The van der Waals surface area contributed by atoms with Crippen molar-refractivity contribution in [3.8, 4) is 39.9 Å². The molecule has 168 valence electrons. The fraction of sp³-hybridized carbons (Fsp3) is 0.385. The van der Waals surface area contributed by atoms with Gasteiger partial charge in [0.25, 0.3) is 0 Å². The second kappa shape index (κ2) is 9.07. The number of aromatic nitrogens is 2. The van der Waals surface area contributed by atoms with Gasteiger partial charge in [-0.2, -0.15) is 0 Å². The first-order chi connectivity index (χ1) is 15.4. The molecule has 0 fully saturated rings. The minimum atomic E-state index is 0.235. The van der Waals surface area contributed by atoms with Gasteiger partial charge in [-0.05, 0) is 63.4 Å². The third-order valence-corrected chi connectivity index (χ3v) is 5.88. The monoisotopic (exact) mass is 433 g/mol. The van der Waals surface area contributed by atoms with Crippen LogP contribution in [0.4, 0.5) is 5.69 Å². The quantitative estimate of drug-likeness (QED) is 0.508. The average molecular weight is 434 g/mol. The molecule has 0 saturated carbocycles. The second-order valence-corrected chi connectivity index (χ2v) is 8.29. The number of ether oxygens (including phenoxy) is 2. The topological polar surface area (TPSA) is 67.7 Å². The number of anilines is 1. The second-order valence-electron chi connectivity index (χ2n) is 8.29. The Balaban J connectivity index is 1.97. The van der Waals surface area contributed by atoms with Crippen LogP contribution in [0, 0.1) is 20.8 Å². The zero-order valence-electron chi connectivity index (χ0n) is 19.5. The summed E-state index contributed by atoms with van der Waals surface area (Å²) in [5, 5.41) is 10.3. The lowest BCUT2D eigenvalue weighted by Crippen LogP contribution is -2.27. The van der Waals surface area contributed by atoms with Gasteiger partial charge in [0.2, 0.25) is 6.79 Å². The van der Waals surface area contributed by atoms with Gasteiger partial charge in [0, 0.05) is 29.8 Å². The third-order valence-electron chi connectivity index (χ3n) is 5.88. The minimum Gasteiger partial charge on any atom is -0.508 e. The van der Waals surface area contributed by atoms with E-state index in [1.54, 1.807) is 6.07 Å². The largest absolute Gasteiger partial charge is 0.508 e. The van der Waals surface area contributed by atoms with E-state index in [0.29, 0.717) is 5.82 Å². The summed E-state index contributed by atoms with van der Waals surface area (Å²) in [6.45, 7) is 12.4. The summed E-state index contributed by atoms with van der Waals surface area (Å²) >= 11 is 0. The highest BCUT2D eigenvalue weighted by Crippen LogP contribution is 2.41. The molecular formula is C26H31N3O3. The summed E-state index contributed by atoms with van der Waals surface area (Å²) in [5.41, 5.74) is 6.49. The van der Waals surface area contributed by atoms with Gasteiger partial charge in [-0.1, -0.05) is 19.9 Å². The molecule has 1 aromatic heterocycles. The van der Waals surface area contributed by atoms with E-state index in [0.717, 1.165) is 76.8 Å². The lowest BCUT2D eigenvalue weighted by molar-refractivity contribution is 0.174. The predicted molar refractivity (Wildman–Crippen MR) is 128 cm³/mol. The molecule has 3 aromatic rings. The van der Waals surface area contributed by atoms with Crippen molar-refractivity contribution in [2.24, 2.45) is 0 Å². The summed E-state index contributed by atoms with van der Waals surface area (Å²) in [6, 6.07) is 9.59. The van der Waals surface area contributed by atoms with Crippen LogP contribution in [0.15, 0.2) is 30.3 Å². The number of rotatable bonds is 7. The van der Waals surface area contributed by atoms with E-state index in [1.807, 2.05) is 45.0 Å². The van der Waals surface area contributed by atoms with Crippen LogP contribution in [0.25, 0.3) is 22.6 Å². The molecule has 6 nitrogen and oxygen atoms in total. The molecule has 0 saturated heterocycles. The molecule has 0 bridgehead atoms. The van der Waals surface area contributed by atoms with Gasteiger partial charge in [-0.15, -0.1) is 0 Å². The van der Waals surface area contributed by atoms with Gasteiger partial charge in [-0.3, -0.25) is 0 Å². The van der Waals surface area contributed by atoms with E-state index < -0.39 is 0 Å². The number of hydrogen-bond donors (Lipinski definition) is 1. The number of nitrogens with zero attached hydrogens (tertiary/aromatic N) is 3. The summed E-state index contributed by atoms with van der Waals surface area (Å²) in [4.78, 5) is 12.4. The third kappa shape index (κ3) is 3.97. The highest BCUT2D eigenvalue weighted by atomic mass is 16.7. The molecular weight excluding hydrogens is 402 g/mol. The summed E-state index contributed by atoms with van der Waals surface area (Å²) in [7, 11) is 0. The van der Waals surface area contributed by atoms with E-state index in [2.05, 4.69) is 18.7 Å². The fourth-order valence-corrected chi connectivity index (χ4v) is 4.36. The molecule has 1 aliphatic heterocycles. The lowest BCUT2D eigenvalue weighted by Gasteiger charge is -2.28. The minimum absolute atomic E-state index is 0.235. The molecule has 2 aromatic carbocycles. The average Bonchev–Trinajstić information content (AvgIpc) is 3.24. The van der Waals surface area contributed by atoms with Crippen molar-refractivity contribution in [2.75, 3.05) is 24.8 Å². The Morgan fingerprint density at radius 3 is 2.38 bits per heavy atom. The first kappa shape index (κ1) is 21.9. The van der Waals surface area contributed by atoms with Crippen molar-refractivity contribution in [3.63, 3.8) is 0 Å². The van der Waals surface area contributed by atoms with Crippen LogP contribution in [-0.2, 0) is 0 Å². The first-order valence-electron chi connectivity index (χ1n) is 11.3. The van der Waals surface area contributed by atoms with Crippen LogP contribution in [0.3, 0.4) is 0 Å². The van der Waals surface area contributed by atoms with E-state index >= 15 is 0 Å². The zero-order valence-corrected chi connectivity index (χ0v) is 19.5. The van der Waals surface area contributed by atoms with E-state index in [4.69, 9.17) is 19.4 Å². The van der Waals surface area contributed by atoms with Gasteiger partial charge < -0.3 is 19.5 Å². The van der Waals surface area contributed by atoms with Crippen molar-refractivity contribution in [2.45, 2.75) is 47.5 Å². The van der Waals surface area contributed by atoms with Gasteiger partial charge in [-0.25, -0.2) is 9.97 Å². The Hall–Kier alpha value is -3.28. The molecule has 32 heavy (non-hydrogen) atoms. The molecule has 2 heterocycles. The highest BCUT2D eigenvalue weighted by molar-refractivity contribution is 5.81. The molecule has 0 radical (unpaired) electrons. The first-order valence-corrected chi connectivity index (χ1v) is 11.3. The Labute approximate surface area is 189 Å². The Bertz CT molecular complexity index is 1140. The lowest BCUT2D eigenvalue weighted by atomic mass is 10.00. The summed E-state index contributed by atoms with van der Waals surface area (Å²) in [6.07, 6.45) is 2.07. The van der Waals surface area contributed by atoms with Crippen LogP contribution in [0.2, 0.25) is 0 Å². The molecule has 0 atom stereocenters. The Morgan fingerprint density at radius 1 is 0.938 bits per heavy atom. The molecule has 6 heteroatoms. The summed E-state index contributed by atoms with van der Waals surface area (Å²) in [5.74, 6) is 2.35. The zero-order chi connectivity index (χ0) is 22.8. The van der Waals surface area contributed by atoms with Gasteiger partial charge in [0.05, 0.1) is 17.1 Å². The number of phenolic OH excluding ortho intramolecular Hbond substituents is 1. The molecule has 1 aliphatic rings. The number of phenols is 1. The van der Waals surface area contributed by atoms with Crippen LogP contribution in [0.1, 0.15) is 43.5 Å². The van der Waals surface area contributed by atoms with Crippen LogP contribution < -0.4 is 14.4 Å². The number of fused-ring (bicyclic) bond motifs is 1. The summed E-state index contributed by atoms with van der Waals surface area (Å²) < 4.78 is 11.2. The van der Waals surface area contributed by atoms with Crippen molar-refractivity contribution >= 4 is 5.69 Å². The molecule has 1 N–H and O–H groups in total. The number of aromatic hydroxyl groups is 1. The maximum absolute atomic E-state index is 10.3. The number of hydrogen-bond acceptors (Lipinski definition) is 6. The predicted octanol–water partition coefficient (Wildman–Crippen LogP) is 5.80. The molecule has 0 aliphatic carbocycles. The standard InChI is InChI=1S/C26H31N3O3/c1-6-12-29(13-7-2)25-18(5)27-26(23-16(3)8-10-20(30)17(23)4)28-24(25)19-9-11-21-22(14-19)32-15-31-21/h8-11,14,30H,6-7,12-13,15H2,1-5H3. The van der Waals surface area contributed by atoms with E-state index in [9.17, 15) is 5.11 Å². The fourth-order valence-electron chi connectivity index (χ4n) is 4.36. The van der Waals surface area contributed by atoms with Crippen molar-refractivity contribution in [1.29, 1.82) is 0 Å². The van der Waals surface area contributed by atoms with Crippen LogP contribution in [-0.4, -0.2) is 35.0 Å². The molecule has 0 unspecified atom stereocenters. The van der Waals surface area contributed by atoms with Crippen molar-refractivity contribution in [3.05, 3.63) is 47.2 Å². The Kier molecular flexibility index (Phi) is 6.21. The maximum Gasteiger partial charge on any atom is 0.231 e. The van der Waals surface area contributed by atoms with Crippen molar-refractivity contribution in [1.82, 2.24) is 9.97 Å². The normalized spacial score (nSPS) is 12.3.